The third kappa shape index (κ3) is 4.82. The summed E-state index contributed by atoms with van der Waals surface area (Å²) in [4.78, 5) is 11.5. The molecule has 0 unspecified atom stereocenters. The zero-order chi connectivity index (χ0) is 15.1. The number of ether oxygens (including phenoxy) is 2. The summed E-state index contributed by atoms with van der Waals surface area (Å²) < 4.78 is 10.7. The van der Waals surface area contributed by atoms with E-state index in [1.807, 2.05) is 13.0 Å². The van der Waals surface area contributed by atoms with Crippen LogP contribution in [0.15, 0.2) is 6.07 Å². The Kier molecular flexibility index (Phi) is 6.20. The van der Waals surface area contributed by atoms with Crippen LogP contribution >= 0.6 is 0 Å². The number of aromatic nitrogens is 2. The molecule has 6 heteroatoms. The molecule has 0 saturated heterocycles. The van der Waals surface area contributed by atoms with Crippen LogP contribution in [-0.4, -0.2) is 49.4 Å². The fraction of sp³-hybridized carbons (Fsp3) is 0.733. The zero-order valence-electron chi connectivity index (χ0n) is 13.3. The molecule has 0 amide bonds. The molecule has 0 aliphatic heterocycles. The van der Waals surface area contributed by atoms with Crippen molar-refractivity contribution in [3.8, 4) is 0 Å². The third-order valence-electron chi connectivity index (χ3n) is 3.37. The van der Waals surface area contributed by atoms with Gasteiger partial charge in [0.25, 0.3) is 0 Å². The third-order valence-corrected chi connectivity index (χ3v) is 3.37. The Labute approximate surface area is 126 Å². The van der Waals surface area contributed by atoms with E-state index in [2.05, 4.69) is 27.1 Å². The van der Waals surface area contributed by atoms with Gasteiger partial charge in [0, 0.05) is 38.9 Å². The lowest BCUT2D eigenvalue weighted by Crippen LogP contribution is -2.30. The molecule has 1 N–H and O–H groups in total. The highest BCUT2D eigenvalue weighted by Gasteiger charge is 2.30. The number of nitrogens with one attached hydrogen (secondary N) is 1. The first-order valence-electron chi connectivity index (χ1n) is 7.73. The summed E-state index contributed by atoms with van der Waals surface area (Å²) in [7, 11) is 1.73. The molecular weight excluding hydrogens is 268 g/mol. The second-order valence-corrected chi connectivity index (χ2v) is 5.11. The largest absolute Gasteiger partial charge is 0.383 e. The van der Waals surface area contributed by atoms with Gasteiger partial charge in [0.15, 0.2) is 5.82 Å². The molecule has 1 fully saturated rings. The van der Waals surface area contributed by atoms with E-state index in [4.69, 9.17) is 9.47 Å². The molecule has 0 atom stereocenters. The minimum absolute atomic E-state index is 0.450. The van der Waals surface area contributed by atoms with Crippen LogP contribution in [0.4, 0.5) is 11.6 Å². The van der Waals surface area contributed by atoms with E-state index in [0.717, 1.165) is 30.5 Å². The van der Waals surface area contributed by atoms with Crippen LogP contribution in [0, 0.1) is 0 Å². The standard InChI is InChI=1S/C15H26N4O2/c1-4-16-13-10-15(18-14(17-13)11-21-5-2)19(8-9-20-3)12-6-7-12/h10,12H,4-9,11H2,1-3H3,(H,16,17,18). The SMILES string of the molecule is CCNc1cc(N(CCOC)C2CC2)nc(COCC)n1. The van der Waals surface area contributed by atoms with Gasteiger partial charge in [0.1, 0.15) is 18.2 Å². The van der Waals surface area contributed by atoms with Crippen LogP contribution < -0.4 is 10.2 Å². The molecule has 1 aromatic rings. The molecule has 0 aromatic carbocycles. The predicted octanol–water partition coefficient (Wildman–Crippen LogP) is 2.06. The molecule has 118 valence electrons. The highest BCUT2D eigenvalue weighted by molar-refractivity contribution is 5.51. The molecule has 1 aliphatic rings. The van der Waals surface area contributed by atoms with Gasteiger partial charge in [0.2, 0.25) is 0 Å². The number of hydrogen-bond donors (Lipinski definition) is 1. The molecule has 1 aromatic heterocycles. The summed E-state index contributed by atoms with van der Waals surface area (Å²) in [6.45, 7) is 7.56. The van der Waals surface area contributed by atoms with E-state index in [-0.39, 0.29) is 0 Å². The number of anilines is 2. The summed E-state index contributed by atoms with van der Waals surface area (Å²) in [6, 6.07) is 2.61. The highest BCUT2D eigenvalue weighted by Crippen LogP contribution is 2.31. The second-order valence-electron chi connectivity index (χ2n) is 5.11. The maximum absolute atomic E-state index is 5.45. The summed E-state index contributed by atoms with van der Waals surface area (Å²) >= 11 is 0. The van der Waals surface area contributed by atoms with Crippen molar-refractivity contribution in [2.24, 2.45) is 0 Å². The highest BCUT2D eigenvalue weighted by atomic mass is 16.5. The van der Waals surface area contributed by atoms with E-state index in [1.54, 1.807) is 7.11 Å². The quantitative estimate of drug-likeness (QED) is 0.713. The van der Waals surface area contributed by atoms with Crippen LogP contribution in [0.1, 0.15) is 32.5 Å². The Balaban J connectivity index is 2.19. The molecule has 0 bridgehead atoms. The fourth-order valence-electron chi connectivity index (χ4n) is 2.22. The first-order valence-corrected chi connectivity index (χ1v) is 7.73. The lowest BCUT2D eigenvalue weighted by Gasteiger charge is -2.24. The summed E-state index contributed by atoms with van der Waals surface area (Å²) in [5, 5.41) is 3.27. The first kappa shape index (κ1) is 16.0. The first-order chi connectivity index (χ1) is 10.3. The van der Waals surface area contributed by atoms with Crippen LogP contribution in [0.2, 0.25) is 0 Å². The maximum Gasteiger partial charge on any atom is 0.158 e. The Morgan fingerprint density at radius 2 is 2.14 bits per heavy atom. The van der Waals surface area contributed by atoms with Crippen molar-refractivity contribution in [1.29, 1.82) is 0 Å². The van der Waals surface area contributed by atoms with Crippen molar-refractivity contribution in [3.05, 3.63) is 11.9 Å². The van der Waals surface area contributed by atoms with E-state index in [9.17, 15) is 0 Å². The average molecular weight is 294 g/mol. The number of hydrogen-bond acceptors (Lipinski definition) is 6. The molecule has 0 spiro atoms. The van der Waals surface area contributed by atoms with Gasteiger partial charge in [-0.3, -0.25) is 0 Å². The van der Waals surface area contributed by atoms with Gasteiger partial charge in [-0.1, -0.05) is 0 Å². The van der Waals surface area contributed by atoms with Gasteiger partial charge < -0.3 is 19.7 Å². The van der Waals surface area contributed by atoms with Gasteiger partial charge in [-0.05, 0) is 26.7 Å². The minimum atomic E-state index is 0.450. The molecular formula is C15H26N4O2. The van der Waals surface area contributed by atoms with Gasteiger partial charge >= 0.3 is 0 Å². The summed E-state index contributed by atoms with van der Waals surface area (Å²) in [5.74, 6) is 2.56. The monoisotopic (exact) mass is 294 g/mol. The molecule has 21 heavy (non-hydrogen) atoms. The van der Waals surface area contributed by atoms with E-state index >= 15 is 0 Å². The minimum Gasteiger partial charge on any atom is -0.383 e. The summed E-state index contributed by atoms with van der Waals surface area (Å²) in [6.07, 6.45) is 2.45. The van der Waals surface area contributed by atoms with Crippen molar-refractivity contribution in [2.45, 2.75) is 39.3 Å². The van der Waals surface area contributed by atoms with Crippen molar-refractivity contribution in [1.82, 2.24) is 9.97 Å². The van der Waals surface area contributed by atoms with Gasteiger partial charge in [-0.25, -0.2) is 9.97 Å². The Morgan fingerprint density at radius 3 is 2.76 bits per heavy atom. The topological polar surface area (TPSA) is 59.5 Å². The van der Waals surface area contributed by atoms with Crippen LogP contribution in [0.3, 0.4) is 0 Å². The van der Waals surface area contributed by atoms with Gasteiger partial charge in [0.05, 0.1) is 6.61 Å². The van der Waals surface area contributed by atoms with E-state index in [0.29, 0.717) is 25.9 Å². The fourth-order valence-corrected chi connectivity index (χ4v) is 2.22. The average Bonchev–Trinajstić information content (AvgIpc) is 3.30. The van der Waals surface area contributed by atoms with Gasteiger partial charge in [-0.15, -0.1) is 0 Å². The lowest BCUT2D eigenvalue weighted by molar-refractivity contribution is 0.128. The Hall–Kier alpha value is -1.40. The molecule has 0 radical (unpaired) electrons. The van der Waals surface area contributed by atoms with Crippen molar-refractivity contribution < 1.29 is 9.47 Å². The smallest absolute Gasteiger partial charge is 0.158 e. The van der Waals surface area contributed by atoms with Gasteiger partial charge in [-0.2, -0.15) is 0 Å². The number of methoxy groups -OCH3 is 1. The zero-order valence-corrected chi connectivity index (χ0v) is 13.3. The van der Waals surface area contributed by atoms with Crippen LogP contribution in [0.25, 0.3) is 0 Å². The molecule has 6 nitrogen and oxygen atoms in total. The van der Waals surface area contributed by atoms with Crippen LogP contribution in [-0.2, 0) is 16.1 Å². The van der Waals surface area contributed by atoms with Crippen molar-refractivity contribution in [2.75, 3.05) is 43.6 Å². The maximum atomic E-state index is 5.45. The lowest BCUT2D eigenvalue weighted by atomic mass is 10.4. The van der Waals surface area contributed by atoms with E-state index in [1.165, 1.54) is 12.8 Å². The normalized spacial score (nSPS) is 14.2. The van der Waals surface area contributed by atoms with Crippen molar-refractivity contribution in [3.63, 3.8) is 0 Å². The van der Waals surface area contributed by atoms with Crippen molar-refractivity contribution >= 4 is 11.6 Å². The van der Waals surface area contributed by atoms with Crippen LogP contribution in [0.5, 0.6) is 0 Å². The van der Waals surface area contributed by atoms with E-state index < -0.39 is 0 Å². The Morgan fingerprint density at radius 1 is 1.33 bits per heavy atom. The number of rotatable bonds is 10. The second kappa shape index (κ2) is 8.14. The predicted molar refractivity (Wildman–Crippen MR) is 83.8 cm³/mol. The molecule has 1 aliphatic carbocycles. The molecule has 1 saturated carbocycles. The Bertz CT molecular complexity index is 438. The molecule has 2 rings (SSSR count). The molecule has 1 heterocycles. The number of nitrogens with zero attached hydrogens (tertiary/aromatic N) is 3. The summed E-state index contributed by atoms with van der Waals surface area (Å²) in [5.41, 5.74) is 0.